The molecule has 18 heavy (non-hydrogen) atoms. The van der Waals surface area contributed by atoms with Crippen molar-refractivity contribution in [3.05, 3.63) is 18.2 Å². The van der Waals surface area contributed by atoms with Crippen molar-refractivity contribution in [2.45, 2.75) is 57.1 Å². The second-order valence-electron chi connectivity index (χ2n) is 6.64. The van der Waals surface area contributed by atoms with E-state index >= 15 is 0 Å². The van der Waals surface area contributed by atoms with Gasteiger partial charge in [-0.2, -0.15) is 0 Å². The molecule has 1 heterocycles. The molecule has 0 amide bonds. The van der Waals surface area contributed by atoms with Gasteiger partial charge in [0.05, 0.1) is 24.3 Å². The Morgan fingerprint density at radius 1 is 1.28 bits per heavy atom. The average Bonchev–Trinajstić information content (AvgIpc) is 2.81. The number of rotatable bonds is 4. The van der Waals surface area contributed by atoms with E-state index in [0.29, 0.717) is 6.04 Å². The summed E-state index contributed by atoms with van der Waals surface area (Å²) in [5.74, 6) is 2.64. The highest BCUT2D eigenvalue weighted by atomic mass is 16.3. The molecule has 3 heteroatoms. The fourth-order valence-corrected chi connectivity index (χ4v) is 4.30. The first-order valence-corrected chi connectivity index (χ1v) is 7.51. The molecule has 3 nitrogen and oxygen atoms in total. The Hall–Kier alpha value is -0.830. The van der Waals surface area contributed by atoms with Gasteiger partial charge in [0.2, 0.25) is 0 Å². The van der Waals surface area contributed by atoms with Gasteiger partial charge < -0.3 is 9.67 Å². The molecule has 0 aliphatic heterocycles. The standard InChI is InChI=1S/C15H22N2O/c18-15(7-12-6-10-1-2-11(12)5-10)14-8-16-9-17(14)13-3-4-13/h8-13,15,18H,1-7H2. The number of aliphatic hydroxyl groups is 1. The number of hydrogen-bond acceptors (Lipinski definition) is 2. The molecule has 4 rings (SSSR count). The van der Waals surface area contributed by atoms with E-state index in [1.54, 1.807) is 0 Å². The number of nitrogens with zero attached hydrogens (tertiary/aromatic N) is 2. The monoisotopic (exact) mass is 246 g/mol. The predicted molar refractivity (Wildman–Crippen MR) is 69.0 cm³/mol. The molecule has 4 unspecified atom stereocenters. The summed E-state index contributed by atoms with van der Waals surface area (Å²) in [6.45, 7) is 0. The Kier molecular flexibility index (Phi) is 2.51. The lowest BCUT2D eigenvalue weighted by Crippen LogP contribution is -2.16. The maximum Gasteiger partial charge on any atom is 0.0958 e. The van der Waals surface area contributed by atoms with E-state index in [1.165, 1.54) is 38.5 Å². The third-order valence-electron chi connectivity index (χ3n) is 5.39. The lowest BCUT2D eigenvalue weighted by atomic mass is 9.84. The molecule has 0 radical (unpaired) electrons. The zero-order valence-electron chi connectivity index (χ0n) is 10.8. The zero-order valence-corrected chi connectivity index (χ0v) is 10.8. The highest BCUT2D eigenvalue weighted by molar-refractivity contribution is 5.08. The van der Waals surface area contributed by atoms with Crippen LogP contribution >= 0.6 is 0 Å². The van der Waals surface area contributed by atoms with Crippen LogP contribution in [0.1, 0.15) is 62.8 Å². The molecule has 3 aliphatic carbocycles. The molecule has 3 saturated carbocycles. The van der Waals surface area contributed by atoms with Gasteiger partial charge in [0.1, 0.15) is 0 Å². The average molecular weight is 246 g/mol. The molecular formula is C15H22N2O. The van der Waals surface area contributed by atoms with Gasteiger partial charge in [-0.15, -0.1) is 0 Å². The van der Waals surface area contributed by atoms with Crippen molar-refractivity contribution in [3.63, 3.8) is 0 Å². The van der Waals surface area contributed by atoms with Crippen LogP contribution in [-0.2, 0) is 0 Å². The molecule has 3 fully saturated rings. The SMILES string of the molecule is OC(CC1CC2CCC1C2)c1cncn1C1CC1. The third-order valence-corrected chi connectivity index (χ3v) is 5.39. The van der Waals surface area contributed by atoms with E-state index in [1.807, 2.05) is 12.5 Å². The smallest absolute Gasteiger partial charge is 0.0958 e. The summed E-state index contributed by atoms with van der Waals surface area (Å²) in [5.41, 5.74) is 1.06. The summed E-state index contributed by atoms with van der Waals surface area (Å²) in [6, 6.07) is 0.622. The summed E-state index contributed by atoms with van der Waals surface area (Å²) in [7, 11) is 0. The molecule has 0 saturated heterocycles. The molecule has 98 valence electrons. The van der Waals surface area contributed by atoms with E-state index in [0.717, 1.165) is 29.9 Å². The first-order valence-electron chi connectivity index (χ1n) is 7.51. The van der Waals surface area contributed by atoms with Gasteiger partial charge in [0.15, 0.2) is 0 Å². The van der Waals surface area contributed by atoms with Crippen LogP contribution in [0.3, 0.4) is 0 Å². The Morgan fingerprint density at radius 2 is 2.17 bits per heavy atom. The van der Waals surface area contributed by atoms with Crippen LogP contribution in [0, 0.1) is 17.8 Å². The molecule has 2 bridgehead atoms. The number of fused-ring (bicyclic) bond motifs is 2. The van der Waals surface area contributed by atoms with E-state index in [-0.39, 0.29) is 6.10 Å². The molecule has 1 N–H and O–H groups in total. The van der Waals surface area contributed by atoms with Crippen molar-refractivity contribution in [1.82, 2.24) is 9.55 Å². The van der Waals surface area contributed by atoms with Crippen molar-refractivity contribution in [2.75, 3.05) is 0 Å². The van der Waals surface area contributed by atoms with E-state index in [4.69, 9.17) is 0 Å². The molecule has 0 aromatic carbocycles. The molecule has 3 aliphatic rings. The van der Waals surface area contributed by atoms with E-state index in [2.05, 4.69) is 9.55 Å². The maximum atomic E-state index is 10.5. The van der Waals surface area contributed by atoms with Gasteiger partial charge >= 0.3 is 0 Å². The molecule has 1 aromatic heterocycles. The summed E-state index contributed by atoms with van der Waals surface area (Å²) in [4.78, 5) is 4.23. The van der Waals surface area contributed by atoms with E-state index < -0.39 is 0 Å². The second-order valence-corrected chi connectivity index (χ2v) is 6.64. The number of aromatic nitrogens is 2. The summed E-state index contributed by atoms with van der Waals surface area (Å²) < 4.78 is 2.21. The Morgan fingerprint density at radius 3 is 2.83 bits per heavy atom. The van der Waals surface area contributed by atoms with Crippen molar-refractivity contribution in [2.24, 2.45) is 17.8 Å². The highest BCUT2D eigenvalue weighted by Gasteiger charge is 2.40. The topological polar surface area (TPSA) is 38.1 Å². The van der Waals surface area contributed by atoms with Crippen molar-refractivity contribution < 1.29 is 5.11 Å². The molecule has 0 spiro atoms. The van der Waals surface area contributed by atoms with Gasteiger partial charge in [0.25, 0.3) is 0 Å². The minimum atomic E-state index is -0.294. The van der Waals surface area contributed by atoms with Crippen molar-refractivity contribution in [3.8, 4) is 0 Å². The quantitative estimate of drug-likeness (QED) is 0.886. The minimum Gasteiger partial charge on any atom is -0.387 e. The summed E-state index contributed by atoms with van der Waals surface area (Å²) in [5, 5.41) is 10.5. The van der Waals surface area contributed by atoms with Crippen molar-refractivity contribution in [1.29, 1.82) is 0 Å². The molecule has 4 atom stereocenters. The Balaban J connectivity index is 1.46. The van der Waals surface area contributed by atoms with Gasteiger partial charge in [-0.1, -0.05) is 6.42 Å². The van der Waals surface area contributed by atoms with Gasteiger partial charge in [-0.05, 0) is 56.3 Å². The normalized spacial score (nSPS) is 36.2. The maximum absolute atomic E-state index is 10.5. The fraction of sp³-hybridized carbons (Fsp3) is 0.800. The summed E-state index contributed by atoms with van der Waals surface area (Å²) >= 11 is 0. The van der Waals surface area contributed by atoms with E-state index in [9.17, 15) is 5.11 Å². The number of hydrogen-bond donors (Lipinski definition) is 1. The van der Waals surface area contributed by atoms with Crippen LogP contribution in [0.4, 0.5) is 0 Å². The van der Waals surface area contributed by atoms with Crippen LogP contribution in [0.25, 0.3) is 0 Å². The number of aliphatic hydroxyl groups excluding tert-OH is 1. The largest absolute Gasteiger partial charge is 0.387 e. The fourth-order valence-electron chi connectivity index (χ4n) is 4.30. The van der Waals surface area contributed by atoms with Gasteiger partial charge in [-0.25, -0.2) is 4.98 Å². The second kappa shape index (κ2) is 4.09. The predicted octanol–water partition coefficient (Wildman–Crippen LogP) is 3.08. The lowest BCUT2D eigenvalue weighted by molar-refractivity contribution is 0.118. The van der Waals surface area contributed by atoms with Crippen molar-refractivity contribution >= 4 is 0 Å². The van der Waals surface area contributed by atoms with Crippen LogP contribution in [0.15, 0.2) is 12.5 Å². The van der Waals surface area contributed by atoms with Crippen LogP contribution in [0.5, 0.6) is 0 Å². The number of imidazole rings is 1. The first kappa shape index (κ1) is 11.0. The molecular weight excluding hydrogens is 224 g/mol. The first-order chi connectivity index (χ1) is 8.81. The Bertz CT molecular complexity index is 437. The Labute approximate surface area is 108 Å². The van der Waals surface area contributed by atoms with Crippen LogP contribution in [-0.4, -0.2) is 14.7 Å². The lowest BCUT2D eigenvalue weighted by Gasteiger charge is -2.24. The minimum absolute atomic E-state index is 0.294. The van der Waals surface area contributed by atoms with Crippen LogP contribution < -0.4 is 0 Å². The summed E-state index contributed by atoms with van der Waals surface area (Å²) in [6.07, 6.45) is 12.6. The highest BCUT2D eigenvalue weighted by Crippen LogP contribution is 2.51. The van der Waals surface area contributed by atoms with Crippen LogP contribution in [0.2, 0.25) is 0 Å². The third kappa shape index (κ3) is 1.80. The molecule has 1 aromatic rings. The zero-order chi connectivity index (χ0) is 12.1. The van der Waals surface area contributed by atoms with Gasteiger partial charge in [0, 0.05) is 6.04 Å². The van der Waals surface area contributed by atoms with Gasteiger partial charge in [-0.3, -0.25) is 0 Å².